The molecule has 0 aliphatic carbocycles. The molecule has 1 atom stereocenters. The highest BCUT2D eigenvalue weighted by atomic mass is 32.2. The number of ether oxygens (including phenoxy) is 1. The molecule has 2 saturated heterocycles. The summed E-state index contributed by atoms with van der Waals surface area (Å²) in [6.07, 6.45) is 4.13. The maximum absolute atomic E-state index is 12.9. The van der Waals surface area contributed by atoms with E-state index in [1.165, 1.54) is 23.9 Å². The Balaban J connectivity index is 1.39. The van der Waals surface area contributed by atoms with Crippen LogP contribution in [-0.4, -0.2) is 87.8 Å². The van der Waals surface area contributed by atoms with Crippen LogP contribution in [0.2, 0.25) is 0 Å². The lowest BCUT2D eigenvalue weighted by molar-refractivity contribution is -0.133. The smallest absolute Gasteiger partial charge is 0.247 e. The summed E-state index contributed by atoms with van der Waals surface area (Å²) in [7, 11) is -3.71. The summed E-state index contributed by atoms with van der Waals surface area (Å²) < 4.78 is 33.4. The fourth-order valence-electron chi connectivity index (χ4n) is 4.12. The summed E-state index contributed by atoms with van der Waals surface area (Å²) in [5, 5.41) is 1.91. The third kappa shape index (κ3) is 5.63. The first-order chi connectivity index (χ1) is 15.4. The molecule has 0 spiro atoms. The maximum atomic E-state index is 12.9. The van der Waals surface area contributed by atoms with E-state index in [2.05, 4.69) is 14.9 Å². The van der Waals surface area contributed by atoms with Gasteiger partial charge in [-0.2, -0.15) is 0 Å². The predicted molar refractivity (Wildman–Crippen MR) is 122 cm³/mol. The number of sulfonamides is 1. The van der Waals surface area contributed by atoms with Crippen LogP contribution < -0.4 is 10.0 Å². The number of rotatable bonds is 6. The summed E-state index contributed by atoms with van der Waals surface area (Å²) in [5.41, 5.74) is 0.427. The van der Waals surface area contributed by atoms with Gasteiger partial charge in [0.1, 0.15) is 0 Å². The molecule has 2 N–H and O–H groups in total. The largest absolute Gasteiger partial charge is 0.379 e. The second-order valence-corrected chi connectivity index (χ2v) is 11.2. The number of morpholine rings is 1. The van der Waals surface area contributed by atoms with E-state index in [0.717, 1.165) is 38.8 Å². The maximum Gasteiger partial charge on any atom is 0.247 e. The van der Waals surface area contributed by atoms with Gasteiger partial charge >= 0.3 is 0 Å². The fourth-order valence-corrected chi connectivity index (χ4v) is 6.22. The van der Waals surface area contributed by atoms with Crippen molar-refractivity contribution in [3.05, 3.63) is 18.2 Å². The lowest BCUT2D eigenvalue weighted by Crippen LogP contribution is -2.45. The average Bonchev–Trinajstić information content (AvgIpc) is 3.08. The van der Waals surface area contributed by atoms with Gasteiger partial charge in [-0.25, -0.2) is 13.1 Å². The molecule has 32 heavy (non-hydrogen) atoms. The van der Waals surface area contributed by atoms with Crippen molar-refractivity contribution >= 4 is 39.3 Å². The number of thioether (sulfide) groups is 1. The monoisotopic (exact) mass is 482 g/mol. The van der Waals surface area contributed by atoms with Crippen molar-refractivity contribution in [3.8, 4) is 0 Å². The molecule has 3 heterocycles. The molecule has 1 aromatic carbocycles. The van der Waals surface area contributed by atoms with Gasteiger partial charge in [-0.15, -0.1) is 11.8 Å². The Hall–Kier alpha value is -1.66. The first-order valence-electron chi connectivity index (χ1n) is 11.1. The van der Waals surface area contributed by atoms with Crippen LogP contribution in [0.1, 0.15) is 25.7 Å². The number of benzene rings is 1. The van der Waals surface area contributed by atoms with Gasteiger partial charge < -0.3 is 15.0 Å². The molecule has 9 nitrogen and oxygen atoms in total. The number of hydrogen-bond acceptors (Lipinski definition) is 7. The lowest BCUT2D eigenvalue weighted by Gasteiger charge is -2.29. The van der Waals surface area contributed by atoms with E-state index in [1.807, 2.05) is 0 Å². The number of carbonyl (C=O) groups is 2. The van der Waals surface area contributed by atoms with E-state index in [4.69, 9.17) is 4.74 Å². The zero-order chi connectivity index (χ0) is 22.6. The van der Waals surface area contributed by atoms with E-state index in [1.54, 1.807) is 11.0 Å². The van der Waals surface area contributed by atoms with E-state index in [0.29, 0.717) is 50.0 Å². The van der Waals surface area contributed by atoms with Crippen molar-refractivity contribution in [1.29, 1.82) is 0 Å². The third-order valence-corrected chi connectivity index (χ3v) is 8.69. The molecule has 0 saturated carbocycles. The Morgan fingerprint density at radius 1 is 1.12 bits per heavy atom. The second kappa shape index (κ2) is 10.5. The van der Waals surface area contributed by atoms with E-state index in [9.17, 15) is 18.0 Å². The van der Waals surface area contributed by atoms with Crippen LogP contribution in [0, 0.1) is 0 Å². The van der Waals surface area contributed by atoms with Gasteiger partial charge in [0, 0.05) is 44.2 Å². The van der Waals surface area contributed by atoms with Crippen molar-refractivity contribution in [2.45, 2.75) is 40.7 Å². The molecular formula is C21H30N4O5S2. The Labute approximate surface area is 193 Å². The minimum Gasteiger partial charge on any atom is -0.379 e. The van der Waals surface area contributed by atoms with Crippen LogP contribution in [0.5, 0.6) is 0 Å². The standard InChI is InChI=1S/C21H30N4O5S2/c26-20-19(21(27)25-8-3-1-2-4-9-25)31-18-6-5-16(15-17(18)23-20)32(28,29)22-7-10-24-11-13-30-14-12-24/h5-6,15,19,22H,1-4,7-14H2,(H,23,26)/t19-/m1/s1. The number of hydrogen-bond donors (Lipinski definition) is 2. The van der Waals surface area contributed by atoms with Gasteiger partial charge in [-0.05, 0) is 31.0 Å². The summed E-state index contributed by atoms with van der Waals surface area (Å²) in [6.45, 7) is 5.19. The van der Waals surface area contributed by atoms with Crippen molar-refractivity contribution in [2.75, 3.05) is 57.8 Å². The van der Waals surface area contributed by atoms with E-state index in [-0.39, 0.29) is 10.8 Å². The van der Waals surface area contributed by atoms with Gasteiger partial charge in [0.05, 0.1) is 23.8 Å². The topological polar surface area (TPSA) is 108 Å². The number of amides is 2. The molecule has 4 rings (SSSR count). The van der Waals surface area contributed by atoms with E-state index >= 15 is 0 Å². The first-order valence-corrected chi connectivity index (χ1v) is 13.5. The van der Waals surface area contributed by atoms with Crippen LogP contribution in [-0.2, 0) is 24.3 Å². The molecule has 3 aliphatic heterocycles. The summed E-state index contributed by atoms with van der Waals surface area (Å²) >= 11 is 1.19. The number of likely N-dealkylation sites (tertiary alicyclic amines) is 1. The predicted octanol–water partition coefficient (Wildman–Crippen LogP) is 1.11. The van der Waals surface area contributed by atoms with Crippen molar-refractivity contribution < 1.29 is 22.7 Å². The van der Waals surface area contributed by atoms with Crippen LogP contribution in [0.4, 0.5) is 5.69 Å². The Morgan fingerprint density at radius 2 is 1.84 bits per heavy atom. The number of nitrogens with one attached hydrogen (secondary N) is 2. The quantitative estimate of drug-likeness (QED) is 0.585. The van der Waals surface area contributed by atoms with Gasteiger partial charge in [0.15, 0.2) is 5.25 Å². The molecule has 0 unspecified atom stereocenters. The SMILES string of the molecule is O=C1Nc2cc(S(=O)(=O)NCCN3CCOCC3)ccc2S[C@H]1C(=O)N1CCCCCC1. The molecule has 2 amide bonds. The third-order valence-electron chi connectivity index (χ3n) is 5.97. The zero-order valence-corrected chi connectivity index (χ0v) is 19.7. The van der Waals surface area contributed by atoms with Gasteiger partial charge in [-0.3, -0.25) is 14.5 Å². The van der Waals surface area contributed by atoms with Gasteiger partial charge in [0.2, 0.25) is 21.8 Å². The zero-order valence-electron chi connectivity index (χ0n) is 18.0. The highest BCUT2D eigenvalue weighted by Gasteiger charge is 2.36. The Bertz CT molecular complexity index is 942. The number of carbonyl (C=O) groups excluding carboxylic acids is 2. The molecule has 3 aliphatic rings. The molecule has 0 bridgehead atoms. The lowest BCUT2D eigenvalue weighted by atomic mass is 10.2. The second-order valence-electron chi connectivity index (χ2n) is 8.24. The number of anilines is 1. The van der Waals surface area contributed by atoms with Gasteiger partial charge in [0.25, 0.3) is 0 Å². The normalized spacial score (nSPS) is 22.7. The van der Waals surface area contributed by atoms with Gasteiger partial charge in [-0.1, -0.05) is 12.8 Å². The first kappa shape index (κ1) is 23.5. The summed E-state index contributed by atoms with van der Waals surface area (Å²) in [5.74, 6) is -0.562. The van der Waals surface area contributed by atoms with Crippen LogP contribution in [0.15, 0.2) is 28.0 Å². The molecule has 176 valence electrons. The van der Waals surface area contributed by atoms with E-state index < -0.39 is 21.2 Å². The Morgan fingerprint density at radius 3 is 2.56 bits per heavy atom. The van der Waals surface area contributed by atoms with Crippen molar-refractivity contribution in [2.24, 2.45) is 0 Å². The minimum atomic E-state index is -3.71. The van der Waals surface area contributed by atoms with Crippen LogP contribution in [0.25, 0.3) is 0 Å². The number of fused-ring (bicyclic) bond motifs is 1. The Kier molecular flexibility index (Phi) is 7.72. The van der Waals surface area contributed by atoms with Crippen LogP contribution in [0.3, 0.4) is 0 Å². The highest BCUT2D eigenvalue weighted by molar-refractivity contribution is 8.01. The minimum absolute atomic E-state index is 0.0939. The molecular weight excluding hydrogens is 452 g/mol. The molecule has 2 fully saturated rings. The van der Waals surface area contributed by atoms with Crippen LogP contribution >= 0.6 is 11.8 Å². The number of nitrogens with zero attached hydrogens (tertiary/aromatic N) is 2. The highest BCUT2D eigenvalue weighted by Crippen LogP contribution is 2.38. The average molecular weight is 483 g/mol. The summed E-state index contributed by atoms with van der Waals surface area (Å²) in [4.78, 5) is 30.3. The molecule has 1 aromatic rings. The molecule has 11 heteroatoms. The van der Waals surface area contributed by atoms with Crippen molar-refractivity contribution in [1.82, 2.24) is 14.5 Å². The molecule has 0 aromatic heterocycles. The fraction of sp³-hybridized carbons (Fsp3) is 0.619. The summed E-state index contributed by atoms with van der Waals surface area (Å²) in [6, 6.07) is 4.65. The van der Waals surface area contributed by atoms with Crippen molar-refractivity contribution in [3.63, 3.8) is 0 Å². The molecule has 0 radical (unpaired) electrons.